The molecule has 1 aliphatic heterocycles. The van der Waals surface area contributed by atoms with Gasteiger partial charge < -0.3 is 15.6 Å². The molecule has 1 aliphatic rings. The van der Waals surface area contributed by atoms with Crippen LogP contribution in [0.4, 0.5) is 0 Å². The van der Waals surface area contributed by atoms with Gasteiger partial charge in [-0.15, -0.1) is 0 Å². The highest BCUT2D eigenvalue weighted by molar-refractivity contribution is 5.78. The number of aliphatic hydroxyl groups excluding tert-OH is 1. The molecule has 0 amide bonds. The van der Waals surface area contributed by atoms with Gasteiger partial charge in [-0.3, -0.25) is 10.3 Å². The molecule has 0 bridgehead atoms. The first-order valence-electron chi connectivity index (χ1n) is 4.43. The first kappa shape index (κ1) is 10.4. The second kappa shape index (κ2) is 4.55. The smallest absolute Gasteiger partial charge is 0.105 e. The Morgan fingerprint density at radius 1 is 1.69 bits per heavy atom. The molecule has 13 heavy (non-hydrogen) atoms. The SMILES string of the molecule is CC1CN(CC(=N)N)CC(CO)O1. The minimum Gasteiger partial charge on any atom is -0.394 e. The molecule has 0 aromatic carbocycles. The molecule has 2 atom stereocenters. The number of nitrogens with two attached hydrogens (primary N) is 1. The quantitative estimate of drug-likeness (QED) is 0.391. The van der Waals surface area contributed by atoms with E-state index in [1.807, 2.05) is 11.8 Å². The summed E-state index contributed by atoms with van der Waals surface area (Å²) in [6, 6.07) is 0. The lowest BCUT2D eigenvalue weighted by atomic mass is 10.2. The fourth-order valence-electron chi connectivity index (χ4n) is 1.61. The van der Waals surface area contributed by atoms with Crippen molar-refractivity contribution in [2.24, 2.45) is 5.73 Å². The topological polar surface area (TPSA) is 82.6 Å². The van der Waals surface area contributed by atoms with Crippen LogP contribution in [-0.4, -0.2) is 54.3 Å². The van der Waals surface area contributed by atoms with Crippen LogP contribution >= 0.6 is 0 Å². The highest BCUT2D eigenvalue weighted by atomic mass is 16.5. The van der Waals surface area contributed by atoms with Crippen LogP contribution < -0.4 is 5.73 Å². The number of ether oxygens (including phenoxy) is 1. The molecular weight excluding hydrogens is 170 g/mol. The average Bonchev–Trinajstić information content (AvgIpc) is 2.01. The lowest BCUT2D eigenvalue weighted by molar-refractivity contribution is -0.0915. The molecule has 5 nitrogen and oxygen atoms in total. The molecule has 0 spiro atoms. The summed E-state index contributed by atoms with van der Waals surface area (Å²) in [7, 11) is 0. The van der Waals surface area contributed by atoms with Crippen molar-refractivity contribution in [1.82, 2.24) is 4.90 Å². The van der Waals surface area contributed by atoms with Crippen LogP contribution in [0.1, 0.15) is 6.92 Å². The summed E-state index contributed by atoms with van der Waals surface area (Å²) in [6.45, 7) is 3.87. The lowest BCUT2D eigenvalue weighted by Gasteiger charge is -2.35. The van der Waals surface area contributed by atoms with Crippen LogP contribution in [0.2, 0.25) is 0 Å². The van der Waals surface area contributed by atoms with Gasteiger partial charge in [0, 0.05) is 13.1 Å². The normalized spacial score (nSPS) is 30.3. The summed E-state index contributed by atoms with van der Waals surface area (Å²) in [6.07, 6.45) is -0.0339. The van der Waals surface area contributed by atoms with Gasteiger partial charge in [0.05, 0.1) is 25.4 Å². The van der Waals surface area contributed by atoms with Gasteiger partial charge in [0.1, 0.15) is 5.84 Å². The Labute approximate surface area is 78.0 Å². The first-order chi connectivity index (χ1) is 6.11. The second-order valence-corrected chi connectivity index (χ2v) is 3.47. The summed E-state index contributed by atoms with van der Waals surface area (Å²) in [4.78, 5) is 2.03. The molecule has 0 saturated carbocycles. The number of amidine groups is 1. The van der Waals surface area contributed by atoms with E-state index in [0.717, 1.165) is 6.54 Å². The minimum absolute atomic E-state index is 0.0265. The maximum absolute atomic E-state index is 8.92. The van der Waals surface area contributed by atoms with Crippen molar-refractivity contribution in [2.75, 3.05) is 26.2 Å². The third kappa shape index (κ3) is 3.30. The maximum atomic E-state index is 8.92. The molecule has 1 heterocycles. The lowest BCUT2D eigenvalue weighted by Crippen LogP contribution is -2.50. The molecule has 1 fully saturated rings. The number of aliphatic hydroxyl groups is 1. The molecule has 4 N–H and O–H groups in total. The molecule has 2 unspecified atom stereocenters. The van der Waals surface area contributed by atoms with E-state index in [1.165, 1.54) is 0 Å². The van der Waals surface area contributed by atoms with E-state index in [9.17, 15) is 0 Å². The average molecular weight is 187 g/mol. The molecule has 0 aliphatic carbocycles. The fourth-order valence-corrected chi connectivity index (χ4v) is 1.61. The van der Waals surface area contributed by atoms with Gasteiger partial charge in [-0.1, -0.05) is 0 Å². The Kier molecular flexibility index (Phi) is 3.65. The van der Waals surface area contributed by atoms with Gasteiger partial charge in [-0.05, 0) is 6.92 Å². The maximum Gasteiger partial charge on any atom is 0.105 e. The highest BCUT2D eigenvalue weighted by Gasteiger charge is 2.24. The molecular formula is C8H17N3O2. The molecule has 0 radical (unpaired) electrons. The van der Waals surface area contributed by atoms with Gasteiger partial charge >= 0.3 is 0 Å². The Morgan fingerprint density at radius 3 is 2.92 bits per heavy atom. The second-order valence-electron chi connectivity index (χ2n) is 3.47. The molecule has 76 valence electrons. The van der Waals surface area contributed by atoms with Crippen LogP contribution in [0, 0.1) is 5.41 Å². The Morgan fingerprint density at radius 2 is 2.38 bits per heavy atom. The van der Waals surface area contributed by atoms with Crippen LogP contribution in [-0.2, 0) is 4.74 Å². The number of nitrogens with zero attached hydrogens (tertiary/aromatic N) is 1. The van der Waals surface area contributed by atoms with Crippen LogP contribution in [0.15, 0.2) is 0 Å². The van der Waals surface area contributed by atoms with E-state index in [1.54, 1.807) is 0 Å². The van der Waals surface area contributed by atoms with Gasteiger partial charge in [0.15, 0.2) is 0 Å². The van der Waals surface area contributed by atoms with Gasteiger partial charge in [-0.25, -0.2) is 0 Å². The summed E-state index contributed by atoms with van der Waals surface area (Å²) >= 11 is 0. The molecule has 1 saturated heterocycles. The summed E-state index contributed by atoms with van der Waals surface area (Å²) in [5.74, 6) is 0.158. The van der Waals surface area contributed by atoms with Gasteiger partial charge in [-0.2, -0.15) is 0 Å². The van der Waals surface area contributed by atoms with Gasteiger partial charge in [0.2, 0.25) is 0 Å². The first-order valence-corrected chi connectivity index (χ1v) is 4.43. The predicted octanol–water partition coefficient (Wildman–Crippen LogP) is -0.996. The number of nitrogens with one attached hydrogen (secondary N) is 1. The molecule has 0 aromatic heterocycles. The minimum atomic E-state index is -0.136. The van der Waals surface area contributed by atoms with Crippen molar-refractivity contribution in [3.05, 3.63) is 0 Å². The van der Waals surface area contributed by atoms with E-state index in [4.69, 9.17) is 21.0 Å². The van der Waals surface area contributed by atoms with Gasteiger partial charge in [0.25, 0.3) is 0 Å². The molecule has 5 heteroatoms. The summed E-state index contributed by atoms with van der Waals surface area (Å²) in [5.41, 5.74) is 5.29. The van der Waals surface area contributed by atoms with Crippen molar-refractivity contribution < 1.29 is 9.84 Å². The largest absolute Gasteiger partial charge is 0.394 e. The molecule has 0 aromatic rings. The van der Waals surface area contributed by atoms with E-state index in [2.05, 4.69) is 0 Å². The monoisotopic (exact) mass is 187 g/mol. The summed E-state index contributed by atoms with van der Waals surface area (Å²) in [5, 5.41) is 16.1. The third-order valence-corrected chi connectivity index (χ3v) is 2.00. The number of hydrogen-bond donors (Lipinski definition) is 3. The van der Waals surface area contributed by atoms with Crippen LogP contribution in [0.5, 0.6) is 0 Å². The zero-order valence-electron chi connectivity index (χ0n) is 7.86. The number of rotatable bonds is 3. The predicted molar refractivity (Wildman–Crippen MR) is 49.8 cm³/mol. The van der Waals surface area contributed by atoms with Crippen molar-refractivity contribution in [3.8, 4) is 0 Å². The Balaban J connectivity index is 2.42. The van der Waals surface area contributed by atoms with Crippen molar-refractivity contribution in [1.29, 1.82) is 5.41 Å². The van der Waals surface area contributed by atoms with Crippen molar-refractivity contribution in [3.63, 3.8) is 0 Å². The summed E-state index contributed by atoms with van der Waals surface area (Å²) < 4.78 is 5.44. The number of morpholine rings is 1. The molecule has 1 rings (SSSR count). The van der Waals surface area contributed by atoms with E-state index < -0.39 is 0 Å². The van der Waals surface area contributed by atoms with Crippen LogP contribution in [0.3, 0.4) is 0 Å². The van der Waals surface area contributed by atoms with E-state index in [-0.39, 0.29) is 24.7 Å². The zero-order valence-corrected chi connectivity index (χ0v) is 7.86. The van der Waals surface area contributed by atoms with Crippen LogP contribution in [0.25, 0.3) is 0 Å². The highest BCUT2D eigenvalue weighted by Crippen LogP contribution is 2.09. The van der Waals surface area contributed by atoms with Crippen molar-refractivity contribution >= 4 is 5.84 Å². The van der Waals surface area contributed by atoms with E-state index >= 15 is 0 Å². The number of hydrogen-bond acceptors (Lipinski definition) is 4. The Hall–Kier alpha value is -0.650. The zero-order chi connectivity index (χ0) is 9.84. The van der Waals surface area contributed by atoms with Crippen molar-refractivity contribution in [2.45, 2.75) is 19.1 Å². The van der Waals surface area contributed by atoms with E-state index in [0.29, 0.717) is 13.1 Å². The fraction of sp³-hybridized carbons (Fsp3) is 0.875. The standard InChI is InChI=1S/C8H17N3O2/c1-6-2-11(4-8(9)10)3-7(5-12)13-6/h6-7,12H,2-5H2,1H3,(H3,9,10). The third-order valence-electron chi connectivity index (χ3n) is 2.00. The Bertz CT molecular complexity index is 186.